The molecule has 0 spiro atoms. The SMILES string of the molecule is COc1ccc(-c2nc(C(=O)NNC(=O)c3cccnc3)cs2)cc1. The molecule has 0 atom stereocenters. The summed E-state index contributed by atoms with van der Waals surface area (Å²) in [5.74, 6) is -0.198. The van der Waals surface area contributed by atoms with Gasteiger partial charge in [0.15, 0.2) is 0 Å². The van der Waals surface area contributed by atoms with E-state index in [0.717, 1.165) is 11.3 Å². The molecule has 0 aliphatic heterocycles. The number of hydrazine groups is 1. The highest BCUT2D eigenvalue weighted by Crippen LogP contribution is 2.25. The maximum Gasteiger partial charge on any atom is 0.289 e. The molecular formula is C17H14N4O3S. The van der Waals surface area contributed by atoms with Gasteiger partial charge in [-0.1, -0.05) is 0 Å². The summed E-state index contributed by atoms with van der Waals surface area (Å²) in [4.78, 5) is 32.1. The van der Waals surface area contributed by atoms with Crippen LogP contribution in [0, 0.1) is 0 Å². The van der Waals surface area contributed by atoms with Crippen LogP contribution in [0.15, 0.2) is 54.2 Å². The van der Waals surface area contributed by atoms with E-state index in [2.05, 4.69) is 20.8 Å². The topological polar surface area (TPSA) is 93.2 Å². The molecular weight excluding hydrogens is 340 g/mol. The smallest absolute Gasteiger partial charge is 0.289 e. The molecule has 0 bridgehead atoms. The Kier molecular flexibility index (Phi) is 5.00. The zero-order valence-electron chi connectivity index (χ0n) is 13.2. The number of hydrogen-bond acceptors (Lipinski definition) is 6. The average Bonchev–Trinajstić information content (AvgIpc) is 3.17. The highest BCUT2D eigenvalue weighted by Gasteiger charge is 2.13. The Hall–Kier alpha value is -3.26. The summed E-state index contributed by atoms with van der Waals surface area (Å²) >= 11 is 1.34. The van der Waals surface area contributed by atoms with Crippen LogP contribution in [-0.4, -0.2) is 28.9 Å². The second-order valence-corrected chi connectivity index (χ2v) is 5.77. The minimum Gasteiger partial charge on any atom is -0.497 e. The molecule has 0 saturated heterocycles. The molecule has 2 heterocycles. The predicted molar refractivity (Wildman–Crippen MR) is 93.3 cm³/mol. The summed E-state index contributed by atoms with van der Waals surface area (Å²) in [6.45, 7) is 0. The maximum atomic E-state index is 12.1. The Morgan fingerprint density at radius 2 is 1.84 bits per heavy atom. The van der Waals surface area contributed by atoms with Crippen molar-refractivity contribution in [2.24, 2.45) is 0 Å². The van der Waals surface area contributed by atoms with Crippen molar-refractivity contribution in [2.75, 3.05) is 7.11 Å². The van der Waals surface area contributed by atoms with Gasteiger partial charge < -0.3 is 4.74 Å². The highest BCUT2D eigenvalue weighted by atomic mass is 32.1. The number of hydrogen-bond donors (Lipinski definition) is 2. The molecule has 2 aromatic heterocycles. The Morgan fingerprint density at radius 3 is 2.52 bits per heavy atom. The quantitative estimate of drug-likeness (QED) is 0.701. The summed E-state index contributed by atoms with van der Waals surface area (Å²) in [7, 11) is 1.60. The number of rotatable bonds is 4. The molecule has 0 fully saturated rings. The largest absolute Gasteiger partial charge is 0.497 e. The Morgan fingerprint density at radius 1 is 1.08 bits per heavy atom. The van der Waals surface area contributed by atoms with Crippen molar-refractivity contribution in [3.8, 4) is 16.3 Å². The van der Waals surface area contributed by atoms with Crippen LogP contribution in [-0.2, 0) is 0 Å². The first-order chi connectivity index (χ1) is 12.2. The molecule has 7 nitrogen and oxygen atoms in total. The predicted octanol–water partition coefficient (Wildman–Crippen LogP) is 2.29. The molecule has 1 aromatic carbocycles. The zero-order chi connectivity index (χ0) is 17.6. The van der Waals surface area contributed by atoms with Gasteiger partial charge in [0, 0.05) is 23.3 Å². The number of nitrogens with one attached hydrogen (secondary N) is 2. The number of carbonyl (C=O) groups excluding carboxylic acids is 2. The molecule has 3 rings (SSSR count). The summed E-state index contributed by atoms with van der Waals surface area (Å²) in [5, 5.41) is 2.33. The molecule has 2 amide bonds. The van der Waals surface area contributed by atoms with Gasteiger partial charge >= 0.3 is 0 Å². The van der Waals surface area contributed by atoms with E-state index in [-0.39, 0.29) is 5.69 Å². The van der Waals surface area contributed by atoms with E-state index in [1.807, 2.05) is 24.3 Å². The maximum absolute atomic E-state index is 12.1. The molecule has 8 heteroatoms. The van der Waals surface area contributed by atoms with E-state index in [4.69, 9.17) is 4.74 Å². The minimum atomic E-state index is -0.492. The Balaban J connectivity index is 1.63. The molecule has 126 valence electrons. The number of nitrogens with zero attached hydrogens (tertiary/aromatic N) is 2. The van der Waals surface area contributed by atoms with Gasteiger partial charge in [0.25, 0.3) is 11.8 Å². The van der Waals surface area contributed by atoms with Gasteiger partial charge in [-0.25, -0.2) is 4.98 Å². The van der Waals surface area contributed by atoms with Gasteiger partial charge in [0.2, 0.25) is 0 Å². The van der Waals surface area contributed by atoms with E-state index in [9.17, 15) is 9.59 Å². The number of benzene rings is 1. The number of carbonyl (C=O) groups is 2. The van der Waals surface area contributed by atoms with Gasteiger partial charge in [-0.15, -0.1) is 11.3 Å². The first kappa shape index (κ1) is 16.6. The highest BCUT2D eigenvalue weighted by molar-refractivity contribution is 7.13. The van der Waals surface area contributed by atoms with E-state index < -0.39 is 11.8 Å². The average molecular weight is 354 g/mol. The zero-order valence-corrected chi connectivity index (χ0v) is 14.0. The number of amides is 2. The van der Waals surface area contributed by atoms with Crippen molar-refractivity contribution in [3.05, 3.63) is 65.4 Å². The number of ether oxygens (including phenoxy) is 1. The van der Waals surface area contributed by atoms with Crippen LogP contribution in [0.5, 0.6) is 5.75 Å². The van der Waals surface area contributed by atoms with Gasteiger partial charge in [0.05, 0.1) is 12.7 Å². The normalized spacial score (nSPS) is 10.1. The van der Waals surface area contributed by atoms with Crippen LogP contribution < -0.4 is 15.6 Å². The van der Waals surface area contributed by atoms with Gasteiger partial charge in [-0.05, 0) is 36.4 Å². The van der Waals surface area contributed by atoms with Crippen molar-refractivity contribution in [1.29, 1.82) is 0 Å². The van der Waals surface area contributed by atoms with Gasteiger partial charge in [-0.2, -0.15) is 0 Å². The van der Waals surface area contributed by atoms with Crippen LogP contribution in [0.3, 0.4) is 0 Å². The first-order valence-electron chi connectivity index (χ1n) is 7.28. The van der Waals surface area contributed by atoms with Crippen LogP contribution >= 0.6 is 11.3 Å². The number of methoxy groups -OCH3 is 1. The molecule has 2 N–H and O–H groups in total. The molecule has 0 radical (unpaired) electrons. The fraction of sp³-hybridized carbons (Fsp3) is 0.0588. The lowest BCUT2D eigenvalue weighted by Gasteiger charge is -2.05. The minimum absolute atomic E-state index is 0.224. The second-order valence-electron chi connectivity index (χ2n) is 4.92. The van der Waals surface area contributed by atoms with Crippen molar-refractivity contribution >= 4 is 23.2 Å². The summed E-state index contributed by atoms with van der Waals surface area (Å²) in [5.41, 5.74) is 6.12. The standard InChI is InChI=1S/C17H14N4O3S/c1-24-13-6-4-11(5-7-13)17-19-14(10-25-17)16(23)21-20-15(22)12-3-2-8-18-9-12/h2-10H,1H3,(H,20,22)(H,21,23). The second kappa shape index (κ2) is 7.54. The summed E-state index contributed by atoms with van der Waals surface area (Å²) < 4.78 is 5.11. The molecule has 0 aliphatic carbocycles. The van der Waals surface area contributed by atoms with Gasteiger partial charge in [-0.3, -0.25) is 25.4 Å². The van der Waals surface area contributed by atoms with Crippen LogP contribution in [0.25, 0.3) is 10.6 Å². The van der Waals surface area contributed by atoms with E-state index in [1.54, 1.807) is 30.8 Å². The number of thiazole rings is 1. The lowest BCUT2D eigenvalue weighted by Crippen LogP contribution is -2.41. The van der Waals surface area contributed by atoms with Crippen LogP contribution in [0.1, 0.15) is 20.8 Å². The lowest BCUT2D eigenvalue weighted by atomic mass is 10.2. The molecule has 0 aliphatic rings. The number of aromatic nitrogens is 2. The lowest BCUT2D eigenvalue weighted by molar-refractivity contribution is 0.0844. The molecule has 3 aromatic rings. The third-order valence-corrected chi connectivity index (χ3v) is 4.18. The Bertz CT molecular complexity index is 878. The van der Waals surface area contributed by atoms with E-state index in [1.165, 1.54) is 17.5 Å². The van der Waals surface area contributed by atoms with Crippen LogP contribution in [0.4, 0.5) is 0 Å². The van der Waals surface area contributed by atoms with Crippen molar-refractivity contribution in [2.45, 2.75) is 0 Å². The fourth-order valence-corrected chi connectivity index (χ4v) is 2.80. The Labute approximate surface area is 147 Å². The third-order valence-electron chi connectivity index (χ3n) is 3.29. The first-order valence-corrected chi connectivity index (χ1v) is 8.16. The molecule has 0 unspecified atom stereocenters. The monoisotopic (exact) mass is 354 g/mol. The van der Waals surface area contributed by atoms with E-state index >= 15 is 0 Å². The van der Waals surface area contributed by atoms with Crippen molar-refractivity contribution < 1.29 is 14.3 Å². The number of pyridine rings is 1. The molecule has 0 saturated carbocycles. The molecule has 25 heavy (non-hydrogen) atoms. The van der Waals surface area contributed by atoms with Crippen molar-refractivity contribution in [3.63, 3.8) is 0 Å². The van der Waals surface area contributed by atoms with Gasteiger partial charge in [0.1, 0.15) is 16.5 Å². The van der Waals surface area contributed by atoms with E-state index in [0.29, 0.717) is 10.6 Å². The summed E-state index contributed by atoms with van der Waals surface area (Å²) in [6, 6.07) is 10.6. The fourth-order valence-electron chi connectivity index (χ4n) is 1.99. The van der Waals surface area contributed by atoms with Crippen molar-refractivity contribution in [1.82, 2.24) is 20.8 Å². The summed E-state index contributed by atoms with van der Waals surface area (Å²) in [6.07, 6.45) is 2.97. The third kappa shape index (κ3) is 3.99. The van der Waals surface area contributed by atoms with Crippen LogP contribution in [0.2, 0.25) is 0 Å².